The molecule has 0 radical (unpaired) electrons. The third kappa shape index (κ3) is 2.90. The topological polar surface area (TPSA) is 79.0 Å². The molecule has 4 unspecified atom stereocenters. The molecule has 0 spiro atoms. The maximum Gasteiger partial charge on any atom is 0.227 e. The maximum absolute atomic E-state index is 12.1. The van der Waals surface area contributed by atoms with Crippen LogP contribution in [0.2, 0.25) is 0 Å². The van der Waals surface area contributed by atoms with Gasteiger partial charge in [-0.1, -0.05) is 6.42 Å². The summed E-state index contributed by atoms with van der Waals surface area (Å²) in [5.41, 5.74) is 1.20. The Morgan fingerprint density at radius 3 is 3.09 bits per heavy atom. The number of carbonyl (C=O) groups excluding carboxylic acids is 1. The molecule has 4 atom stereocenters. The second-order valence-corrected chi connectivity index (χ2v) is 6.97. The van der Waals surface area contributed by atoms with Gasteiger partial charge in [-0.2, -0.15) is 5.10 Å². The fourth-order valence-electron chi connectivity index (χ4n) is 4.38. The molecule has 3 N–H and O–H groups in total. The highest BCUT2D eigenvalue weighted by molar-refractivity contribution is 5.90. The fourth-order valence-corrected chi connectivity index (χ4v) is 4.38. The molecule has 1 aromatic heterocycles. The van der Waals surface area contributed by atoms with Crippen molar-refractivity contribution >= 4 is 11.7 Å². The van der Waals surface area contributed by atoms with Gasteiger partial charge in [-0.3, -0.25) is 9.89 Å². The van der Waals surface area contributed by atoms with Crippen LogP contribution in [0.25, 0.3) is 0 Å². The average molecular weight is 304 g/mol. The van der Waals surface area contributed by atoms with E-state index in [0.717, 1.165) is 25.0 Å². The number of hydrogen-bond donors (Lipinski definition) is 3. The molecule has 2 saturated carbocycles. The molecular weight excluding hydrogens is 280 g/mol. The Morgan fingerprint density at radius 1 is 1.41 bits per heavy atom. The number of nitrogens with one attached hydrogen (secondary N) is 3. The van der Waals surface area contributed by atoms with E-state index in [9.17, 15) is 4.79 Å². The number of morpholine rings is 1. The molecule has 6 heteroatoms. The van der Waals surface area contributed by atoms with Gasteiger partial charge in [-0.25, -0.2) is 0 Å². The fraction of sp³-hybridized carbons (Fsp3) is 0.750. The van der Waals surface area contributed by atoms with E-state index >= 15 is 0 Å². The Hall–Kier alpha value is -1.40. The van der Waals surface area contributed by atoms with Crippen molar-refractivity contribution in [1.82, 2.24) is 15.5 Å². The zero-order chi connectivity index (χ0) is 14.9. The molecule has 2 heterocycles. The number of H-pyrrole nitrogens is 1. The number of rotatable bonds is 4. The van der Waals surface area contributed by atoms with Crippen molar-refractivity contribution < 1.29 is 9.53 Å². The van der Waals surface area contributed by atoms with Crippen LogP contribution in [0.15, 0.2) is 6.07 Å². The quantitative estimate of drug-likeness (QED) is 0.790. The predicted octanol–water partition coefficient (Wildman–Crippen LogP) is 1.63. The number of carbonyl (C=O) groups is 1. The Balaban J connectivity index is 1.32. The molecule has 22 heavy (non-hydrogen) atoms. The Morgan fingerprint density at radius 2 is 2.36 bits per heavy atom. The first kappa shape index (κ1) is 14.2. The summed E-state index contributed by atoms with van der Waals surface area (Å²) in [4.78, 5) is 12.1. The molecule has 4 rings (SSSR count). The van der Waals surface area contributed by atoms with Gasteiger partial charge >= 0.3 is 0 Å². The van der Waals surface area contributed by atoms with E-state index < -0.39 is 0 Å². The van der Waals surface area contributed by atoms with E-state index in [1.807, 2.05) is 6.07 Å². The molecule has 1 amide bonds. The molecule has 120 valence electrons. The summed E-state index contributed by atoms with van der Waals surface area (Å²) in [6.45, 7) is 2.14. The van der Waals surface area contributed by atoms with Gasteiger partial charge in [-0.15, -0.1) is 0 Å². The summed E-state index contributed by atoms with van der Waals surface area (Å²) in [5.74, 6) is 2.99. The van der Waals surface area contributed by atoms with Gasteiger partial charge in [0.25, 0.3) is 0 Å². The van der Waals surface area contributed by atoms with Crippen molar-refractivity contribution in [2.45, 2.75) is 44.1 Å². The lowest BCUT2D eigenvalue weighted by Gasteiger charge is -2.22. The van der Waals surface area contributed by atoms with E-state index in [1.54, 1.807) is 0 Å². The van der Waals surface area contributed by atoms with Crippen LogP contribution < -0.4 is 10.6 Å². The second kappa shape index (κ2) is 6.01. The van der Waals surface area contributed by atoms with Crippen LogP contribution in [0.3, 0.4) is 0 Å². The molecule has 1 saturated heterocycles. The zero-order valence-electron chi connectivity index (χ0n) is 12.8. The minimum atomic E-state index is -0.00556. The molecule has 1 aliphatic heterocycles. The van der Waals surface area contributed by atoms with Crippen LogP contribution in [0.4, 0.5) is 5.82 Å². The normalized spacial score (nSPS) is 34.0. The first-order chi connectivity index (χ1) is 10.8. The Labute approximate surface area is 130 Å². The van der Waals surface area contributed by atoms with Crippen LogP contribution in [0.5, 0.6) is 0 Å². The summed E-state index contributed by atoms with van der Waals surface area (Å²) in [5, 5.41) is 13.6. The lowest BCUT2D eigenvalue weighted by atomic mass is 9.86. The number of hydrogen-bond acceptors (Lipinski definition) is 4. The number of anilines is 1. The van der Waals surface area contributed by atoms with E-state index in [2.05, 4.69) is 20.8 Å². The monoisotopic (exact) mass is 304 g/mol. The Bertz CT molecular complexity index is 538. The van der Waals surface area contributed by atoms with E-state index in [0.29, 0.717) is 24.8 Å². The lowest BCUT2D eigenvalue weighted by molar-refractivity contribution is -0.117. The first-order valence-electron chi connectivity index (χ1n) is 8.44. The van der Waals surface area contributed by atoms with Gasteiger partial charge in [0.15, 0.2) is 5.82 Å². The van der Waals surface area contributed by atoms with Gasteiger partial charge in [0, 0.05) is 36.7 Å². The summed E-state index contributed by atoms with van der Waals surface area (Å²) in [7, 11) is 0. The Kier molecular flexibility index (Phi) is 3.88. The number of fused-ring (bicyclic) bond motifs is 2. The largest absolute Gasteiger partial charge is 0.378 e. The van der Waals surface area contributed by atoms with Crippen LogP contribution in [0.1, 0.15) is 43.7 Å². The number of nitrogens with zero attached hydrogens (tertiary/aromatic N) is 1. The van der Waals surface area contributed by atoms with Crippen LogP contribution in [0, 0.1) is 11.8 Å². The molecule has 6 nitrogen and oxygen atoms in total. The molecule has 2 aliphatic carbocycles. The van der Waals surface area contributed by atoms with E-state index in [1.165, 1.54) is 31.4 Å². The van der Waals surface area contributed by atoms with Crippen molar-refractivity contribution in [2.75, 3.05) is 25.1 Å². The SMILES string of the molecule is O=C(CC1COCCN1)Nc1cc(C2CC3CCC2C3)[nH]n1. The van der Waals surface area contributed by atoms with Gasteiger partial charge < -0.3 is 15.4 Å². The summed E-state index contributed by atoms with van der Waals surface area (Å²) < 4.78 is 5.37. The summed E-state index contributed by atoms with van der Waals surface area (Å²) in [6, 6.07) is 2.13. The van der Waals surface area contributed by atoms with Crippen LogP contribution in [-0.2, 0) is 9.53 Å². The highest BCUT2D eigenvalue weighted by Crippen LogP contribution is 2.52. The molecule has 0 aromatic carbocycles. The van der Waals surface area contributed by atoms with E-state index in [4.69, 9.17) is 4.74 Å². The lowest BCUT2D eigenvalue weighted by Crippen LogP contribution is -2.43. The van der Waals surface area contributed by atoms with Gasteiger partial charge in [0.2, 0.25) is 5.91 Å². The van der Waals surface area contributed by atoms with Crippen LogP contribution >= 0.6 is 0 Å². The average Bonchev–Trinajstić information content (AvgIpc) is 3.23. The highest BCUT2D eigenvalue weighted by Gasteiger charge is 2.40. The molecule has 3 aliphatic rings. The second-order valence-electron chi connectivity index (χ2n) is 6.97. The first-order valence-corrected chi connectivity index (χ1v) is 8.44. The van der Waals surface area contributed by atoms with Crippen molar-refractivity contribution in [3.8, 4) is 0 Å². The van der Waals surface area contributed by atoms with Crippen molar-refractivity contribution in [1.29, 1.82) is 0 Å². The van der Waals surface area contributed by atoms with E-state index in [-0.39, 0.29) is 11.9 Å². The highest BCUT2D eigenvalue weighted by atomic mass is 16.5. The summed E-state index contributed by atoms with van der Waals surface area (Å²) in [6.07, 6.45) is 5.83. The number of aromatic amines is 1. The summed E-state index contributed by atoms with van der Waals surface area (Å²) >= 11 is 0. The van der Waals surface area contributed by atoms with Gasteiger partial charge in [-0.05, 0) is 31.1 Å². The third-order valence-corrected chi connectivity index (χ3v) is 5.43. The predicted molar refractivity (Wildman–Crippen MR) is 82.6 cm³/mol. The minimum Gasteiger partial charge on any atom is -0.378 e. The smallest absolute Gasteiger partial charge is 0.227 e. The van der Waals surface area contributed by atoms with Crippen molar-refractivity contribution in [2.24, 2.45) is 11.8 Å². The van der Waals surface area contributed by atoms with Crippen molar-refractivity contribution in [3.05, 3.63) is 11.8 Å². The maximum atomic E-state index is 12.1. The number of aromatic nitrogens is 2. The zero-order valence-corrected chi connectivity index (χ0v) is 12.8. The molecule has 1 aromatic rings. The standard InChI is InChI=1S/C16H24N4O2/c21-16(7-12-9-22-4-3-17-12)18-15-8-14(19-20-15)13-6-10-1-2-11(13)5-10/h8,10-13,17H,1-7,9H2,(H2,18,19,20,21). The number of ether oxygens (including phenoxy) is 1. The van der Waals surface area contributed by atoms with Gasteiger partial charge in [0.05, 0.1) is 13.2 Å². The van der Waals surface area contributed by atoms with Gasteiger partial charge in [0.1, 0.15) is 0 Å². The molecule has 3 fully saturated rings. The molecular formula is C16H24N4O2. The van der Waals surface area contributed by atoms with Crippen LogP contribution in [-0.4, -0.2) is 41.9 Å². The molecule has 2 bridgehead atoms. The number of amides is 1. The minimum absolute atomic E-state index is 0.00556. The van der Waals surface area contributed by atoms with Crippen molar-refractivity contribution in [3.63, 3.8) is 0 Å². The third-order valence-electron chi connectivity index (χ3n) is 5.43.